The van der Waals surface area contributed by atoms with Crippen LogP contribution in [0.25, 0.3) is 88.0 Å². The van der Waals surface area contributed by atoms with E-state index in [0.29, 0.717) is 0 Å². The van der Waals surface area contributed by atoms with Crippen LogP contribution in [0.5, 0.6) is 0 Å². The molecule has 4 aromatic heterocycles. The van der Waals surface area contributed by atoms with Crippen LogP contribution in [-0.2, 0) is 0 Å². The fourth-order valence-electron chi connectivity index (χ4n) is 14.1. The lowest BCUT2D eigenvalue weighted by atomic mass is 10.1. The standard InChI is InChI=1S/C48H33N3S.C42H28N2S2/c1-5-15-34(16-6-1)49(35-17-7-2-8-18-35)39-26-29-47-43(32-39)44-33-40(27-30-48(44)52-47)50(36-19-9-3-10-20-36)38-25-28-46-42(31-38)41-23-13-14-24-45(41)51(46)37-21-11-4-12-22-37;1-4-12-29(13-5-1)43(30-14-6-2-7-15-30)32-20-24-41-37(27-32)38-28-34(22-25-42(38)46-41)44(31-16-8-3-9-17-31)33-21-23-40-36(26-33)35-18-10-11-19-39(35)45-40/h1-33H;1-28H. The van der Waals surface area contributed by atoms with E-state index < -0.39 is 0 Å². The number of hydrogen-bond donors (Lipinski definition) is 0. The van der Waals surface area contributed by atoms with E-state index in [1.807, 2.05) is 34.0 Å². The topological polar surface area (TPSA) is 17.9 Å². The summed E-state index contributed by atoms with van der Waals surface area (Å²) in [6.07, 6.45) is 0. The highest BCUT2D eigenvalue weighted by atomic mass is 32.1. The minimum atomic E-state index is 1.12. The van der Waals surface area contributed by atoms with E-state index in [1.165, 1.54) is 82.3 Å². The first kappa shape index (κ1) is 58.5. The monoisotopic (exact) mass is 1310 g/mol. The van der Waals surface area contributed by atoms with E-state index in [1.54, 1.807) is 0 Å². The summed E-state index contributed by atoms with van der Waals surface area (Å²) in [6, 6.07) is 133. The number of anilines is 12. The van der Waals surface area contributed by atoms with Crippen molar-refractivity contribution in [1.29, 1.82) is 0 Å². The molecule has 5 nitrogen and oxygen atoms in total. The quantitative estimate of drug-likeness (QED) is 0.114. The molecule has 0 aliphatic rings. The van der Waals surface area contributed by atoms with Gasteiger partial charge in [-0.05, 0) is 206 Å². The zero-order valence-electron chi connectivity index (χ0n) is 53.2. The molecule has 0 saturated carbocycles. The highest BCUT2D eigenvalue weighted by Gasteiger charge is 2.22. The summed E-state index contributed by atoms with van der Waals surface area (Å²) in [7, 11) is 0. The number of hydrogen-bond acceptors (Lipinski definition) is 7. The maximum atomic E-state index is 2.39. The van der Waals surface area contributed by atoms with E-state index in [2.05, 4.69) is 394 Å². The van der Waals surface area contributed by atoms with Crippen LogP contribution in [0.4, 0.5) is 68.2 Å². The summed E-state index contributed by atoms with van der Waals surface area (Å²) in [5.41, 5.74) is 17.2. The van der Waals surface area contributed by atoms with Gasteiger partial charge >= 0.3 is 0 Å². The zero-order valence-corrected chi connectivity index (χ0v) is 55.6. The highest BCUT2D eigenvalue weighted by Crippen LogP contribution is 2.48. The van der Waals surface area contributed by atoms with Gasteiger partial charge in [0.05, 0.1) is 11.0 Å². The van der Waals surface area contributed by atoms with E-state index in [0.717, 1.165) is 73.9 Å². The molecule has 0 atom stereocenters. The molecule has 15 aromatic carbocycles. The average Bonchev–Trinajstić information content (AvgIpc) is 1.59. The molecule has 0 saturated heterocycles. The lowest BCUT2D eigenvalue weighted by Crippen LogP contribution is -2.10. The molecule has 0 aliphatic carbocycles. The lowest BCUT2D eigenvalue weighted by Gasteiger charge is -2.26. The second-order valence-corrected chi connectivity index (χ2v) is 27.7. The van der Waals surface area contributed by atoms with Crippen molar-refractivity contribution in [1.82, 2.24) is 4.57 Å². The van der Waals surface area contributed by atoms with Crippen LogP contribution < -0.4 is 19.6 Å². The molecule has 0 unspecified atom stereocenters. The maximum Gasteiger partial charge on any atom is 0.0542 e. The lowest BCUT2D eigenvalue weighted by molar-refractivity contribution is 1.18. The Kier molecular flexibility index (Phi) is 15.1. The molecule has 0 radical (unpaired) electrons. The SMILES string of the molecule is c1ccc(N(c2ccccc2)c2ccc3sc4ccc(N(c5ccccc5)c5ccc6c(c5)c5ccccc5n6-c5ccccc5)cc4c3c2)cc1.c1ccc(N(c2ccccc2)c2ccc3sc4ccc(N(c5ccccc5)c5ccc6sc7ccccc7c6c5)cc4c3c2)cc1. The third-order valence-electron chi connectivity index (χ3n) is 18.5. The molecule has 0 fully saturated rings. The minimum absolute atomic E-state index is 1.12. The molecular formula is C90H61N5S3. The fourth-order valence-corrected chi connectivity index (χ4v) is 17.3. The van der Waals surface area contributed by atoms with Gasteiger partial charge in [-0.3, -0.25) is 0 Å². The van der Waals surface area contributed by atoms with Gasteiger partial charge in [0.1, 0.15) is 0 Å². The Morgan fingerprint density at radius 2 is 0.398 bits per heavy atom. The Morgan fingerprint density at radius 3 is 0.745 bits per heavy atom. The van der Waals surface area contributed by atoms with E-state index >= 15 is 0 Å². The third-order valence-corrected chi connectivity index (χ3v) is 22.0. The van der Waals surface area contributed by atoms with E-state index in [9.17, 15) is 0 Å². The third kappa shape index (κ3) is 10.7. The predicted molar refractivity (Wildman–Crippen MR) is 425 cm³/mol. The average molecular weight is 1310 g/mol. The summed E-state index contributed by atoms with van der Waals surface area (Å²) in [5.74, 6) is 0. The van der Waals surface area contributed by atoms with Crippen molar-refractivity contribution in [3.63, 3.8) is 0 Å². The fraction of sp³-hybridized carbons (Fsp3) is 0. The van der Waals surface area contributed by atoms with Gasteiger partial charge in [-0.2, -0.15) is 0 Å². The second-order valence-electron chi connectivity index (χ2n) is 24.4. The molecular weight excluding hydrogens is 1250 g/mol. The molecule has 98 heavy (non-hydrogen) atoms. The Balaban J connectivity index is 0.000000143. The van der Waals surface area contributed by atoms with E-state index in [4.69, 9.17) is 0 Å². The number of benzene rings is 15. The van der Waals surface area contributed by atoms with Crippen LogP contribution in [0.15, 0.2) is 370 Å². The summed E-state index contributed by atoms with van der Waals surface area (Å²) in [6.45, 7) is 0. The van der Waals surface area contributed by atoms with Gasteiger partial charge in [0.15, 0.2) is 0 Å². The van der Waals surface area contributed by atoms with Gasteiger partial charge in [0, 0.05) is 145 Å². The summed E-state index contributed by atoms with van der Waals surface area (Å²) in [5, 5.41) is 10.1. The molecule has 0 bridgehead atoms. The summed E-state index contributed by atoms with van der Waals surface area (Å²) in [4.78, 5) is 9.45. The molecule has 19 rings (SSSR count). The van der Waals surface area contributed by atoms with Crippen molar-refractivity contribution in [3.8, 4) is 5.69 Å². The Bertz CT molecular complexity index is 5990. The molecule has 19 aromatic rings. The summed E-state index contributed by atoms with van der Waals surface area (Å²) < 4.78 is 10.1. The largest absolute Gasteiger partial charge is 0.310 e. The smallest absolute Gasteiger partial charge is 0.0542 e. The molecule has 8 heteroatoms. The molecule has 0 amide bonds. The van der Waals surface area contributed by atoms with Gasteiger partial charge < -0.3 is 24.2 Å². The highest BCUT2D eigenvalue weighted by molar-refractivity contribution is 7.26. The van der Waals surface area contributed by atoms with Gasteiger partial charge in [-0.25, -0.2) is 0 Å². The van der Waals surface area contributed by atoms with Gasteiger partial charge in [0.2, 0.25) is 0 Å². The minimum Gasteiger partial charge on any atom is -0.310 e. The Labute approximate surface area is 580 Å². The van der Waals surface area contributed by atoms with Crippen LogP contribution in [0.2, 0.25) is 0 Å². The second kappa shape index (κ2) is 25.3. The van der Waals surface area contributed by atoms with Crippen LogP contribution in [0.1, 0.15) is 0 Å². The number of para-hydroxylation sites is 8. The molecule has 4 heterocycles. The van der Waals surface area contributed by atoms with Crippen molar-refractivity contribution in [2.24, 2.45) is 0 Å². The van der Waals surface area contributed by atoms with Crippen LogP contribution in [0.3, 0.4) is 0 Å². The molecule has 0 spiro atoms. The van der Waals surface area contributed by atoms with Gasteiger partial charge in [0.25, 0.3) is 0 Å². The maximum absolute atomic E-state index is 2.39. The zero-order chi connectivity index (χ0) is 64.9. The number of fused-ring (bicyclic) bond motifs is 12. The Hall–Kier alpha value is -12.0. The number of nitrogens with zero attached hydrogens (tertiary/aromatic N) is 5. The van der Waals surface area contributed by atoms with Crippen molar-refractivity contribution >= 4 is 185 Å². The number of thiophene rings is 3. The Morgan fingerprint density at radius 1 is 0.163 bits per heavy atom. The van der Waals surface area contributed by atoms with Gasteiger partial charge in [-0.1, -0.05) is 164 Å². The molecule has 464 valence electrons. The molecule has 0 aliphatic heterocycles. The van der Waals surface area contributed by atoms with Crippen LogP contribution in [0, 0.1) is 0 Å². The van der Waals surface area contributed by atoms with E-state index in [-0.39, 0.29) is 0 Å². The van der Waals surface area contributed by atoms with Crippen LogP contribution >= 0.6 is 34.0 Å². The first-order chi connectivity index (χ1) is 48.6. The van der Waals surface area contributed by atoms with Crippen molar-refractivity contribution < 1.29 is 0 Å². The summed E-state index contributed by atoms with van der Waals surface area (Å²) >= 11 is 5.56. The molecule has 0 N–H and O–H groups in total. The normalized spacial score (nSPS) is 11.5. The number of rotatable bonds is 13. The predicted octanol–water partition coefficient (Wildman–Crippen LogP) is 27.5. The van der Waals surface area contributed by atoms with Crippen LogP contribution in [-0.4, -0.2) is 4.57 Å². The number of aromatic nitrogens is 1. The van der Waals surface area contributed by atoms with Gasteiger partial charge in [-0.15, -0.1) is 34.0 Å². The van der Waals surface area contributed by atoms with Crippen molar-refractivity contribution in [3.05, 3.63) is 370 Å². The first-order valence-corrected chi connectivity index (χ1v) is 35.5. The van der Waals surface area contributed by atoms with Crippen molar-refractivity contribution in [2.45, 2.75) is 0 Å². The first-order valence-electron chi connectivity index (χ1n) is 33.0. The van der Waals surface area contributed by atoms with Crippen molar-refractivity contribution in [2.75, 3.05) is 19.6 Å².